The van der Waals surface area contributed by atoms with Crippen LogP contribution < -0.4 is 4.90 Å². The number of benzene rings is 3. The normalized spacial score (nSPS) is 17.9. The van der Waals surface area contributed by atoms with Gasteiger partial charge < -0.3 is 5.11 Å². The van der Waals surface area contributed by atoms with Gasteiger partial charge in [0.1, 0.15) is 11.6 Å². The molecular weight excluding hydrogens is 427 g/mol. The number of hydrogen-bond acceptors (Lipinski definition) is 5. The zero-order valence-corrected chi connectivity index (χ0v) is 17.8. The second-order valence-corrected chi connectivity index (χ2v) is 8.56. The fraction of sp³-hybridized carbons (Fsp3) is 0.0800. The van der Waals surface area contributed by atoms with Gasteiger partial charge in [0.15, 0.2) is 5.13 Å². The summed E-state index contributed by atoms with van der Waals surface area (Å²) in [6, 6.07) is 19.0. The van der Waals surface area contributed by atoms with E-state index in [-0.39, 0.29) is 11.3 Å². The van der Waals surface area contributed by atoms with Crippen molar-refractivity contribution in [2.75, 3.05) is 4.90 Å². The van der Waals surface area contributed by atoms with Gasteiger partial charge in [0.2, 0.25) is 0 Å². The molecule has 4 aromatic rings. The summed E-state index contributed by atoms with van der Waals surface area (Å²) < 4.78 is 15.0. The first-order chi connectivity index (χ1) is 15.4. The lowest BCUT2D eigenvalue weighted by atomic mass is 9.95. The number of nitrogens with zero attached hydrogens (tertiary/aromatic N) is 2. The molecule has 1 aromatic heterocycles. The fourth-order valence-corrected chi connectivity index (χ4v) is 4.84. The first-order valence-corrected chi connectivity index (χ1v) is 10.7. The highest BCUT2D eigenvalue weighted by Gasteiger charge is 2.48. The highest BCUT2D eigenvalue weighted by atomic mass is 32.1. The molecular formula is C25H17FN2O3S. The van der Waals surface area contributed by atoms with Crippen molar-refractivity contribution < 1.29 is 19.1 Å². The van der Waals surface area contributed by atoms with Gasteiger partial charge in [-0.05, 0) is 36.8 Å². The number of halogens is 1. The number of carbonyl (C=O) groups excluding carboxylic acids is 2. The second kappa shape index (κ2) is 7.69. The van der Waals surface area contributed by atoms with E-state index in [0.29, 0.717) is 21.8 Å². The molecule has 0 radical (unpaired) electrons. The molecule has 1 fully saturated rings. The minimum absolute atomic E-state index is 0.0938. The van der Waals surface area contributed by atoms with Crippen molar-refractivity contribution in [1.29, 1.82) is 0 Å². The highest BCUT2D eigenvalue weighted by Crippen LogP contribution is 2.44. The van der Waals surface area contributed by atoms with Crippen LogP contribution in [-0.4, -0.2) is 21.8 Å². The predicted molar refractivity (Wildman–Crippen MR) is 122 cm³/mol. The Balaban J connectivity index is 1.74. The number of Topliss-reactive ketones (excluding diaryl/α,β-unsaturated/α-hetero) is 1. The Hall–Kier alpha value is -3.84. The number of ketones is 1. The first-order valence-electron chi connectivity index (χ1n) is 9.93. The molecule has 1 amide bonds. The minimum atomic E-state index is -1.01. The molecule has 0 saturated carbocycles. The number of amides is 1. The van der Waals surface area contributed by atoms with Crippen molar-refractivity contribution in [2.45, 2.75) is 13.0 Å². The predicted octanol–water partition coefficient (Wildman–Crippen LogP) is 5.37. The molecule has 1 aliphatic rings. The van der Waals surface area contributed by atoms with Crippen LogP contribution in [-0.2, 0) is 9.59 Å². The molecule has 0 bridgehead atoms. The van der Waals surface area contributed by atoms with E-state index in [0.717, 1.165) is 10.3 Å². The van der Waals surface area contributed by atoms with E-state index in [1.165, 1.54) is 34.4 Å². The number of aryl methyl sites for hydroxylation is 1. The summed E-state index contributed by atoms with van der Waals surface area (Å²) in [4.78, 5) is 32.1. The van der Waals surface area contributed by atoms with Crippen molar-refractivity contribution in [3.63, 3.8) is 0 Å². The first kappa shape index (κ1) is 20.1. The summed E-state index contributed by atoms with van der Waals surface area (Å²) in [6.45, 7) is 1.91. The summed E-state index contributed by atoms with van der Waals surface area (Å²) in [6.07, 6.45) is 0. The SMILES string of the molecule is Cc1ccc(/C(O)=C2\C(=O)C(=O)N(c3nc4ccccc4s3)C2c2cccc(F)c2)cc1. The Bertz CT molecular complexity index is 1380. The van der Waals surface area contributed by atoms with E-state index in [9.17, 15) is 19.1 Å². The third-order valence-electron chi connectivity index (χ3n) is 5.42. The Morgan fingerprint density at radius 1 is 1.03 bits per heavy atom. The number of rotatable bonds is 3. The maximum absolute atomic E-state index is 14.1. The molecule has 7 heteroatoms. The van der Waals surface area contributed by atoms with E-state index in [2.05, 4.69) is 4.98 Å². The number of anilines is 1. The largest absolute Gasteiger partial charge is 0.507 e. The minimum Gasteiger partial charge on any atom is -0.507 e. The zero-order valence-electron chi connectivity index (χ0n) is 16.9. The zero-order chi connectivity index (χ0) is 22.4. The topological polar surface area (TPSA) is 70.5 Å². The smallest absolute Gasteiger partial charge is 0.301 e. The number of thiazole rings is 1. The molecule has 158 valence electrons. The number of para-hydroxylation sites is 1. The molecule has 3 aromatic carbocycles. The van der Waals surface area contributed by atoms with Crippen LogP contribution in [0.4, 0.5) is 9.52 Å². The van der Waals surface area contributed by atoms with Crippen LogP contribution in [0.3, 0.4) is 0 Å². The molecule has 0 spiro atoms. The van der Waals surface area contributed by atoms with Gasteiger partial charge in [-0.2, -0.15) is 0 Å². The van der Waals surface area contributed by atoms with Crippen molar-refractivity contribution >= 4 is 44.1 Å². The van der Waals surface area contributed by atoms with Gasteiger partial charge in [0.05, 0.1) is 21.8 Å². The van der Waals surface area contributed by atoms with Crippen LogP contribution in [0.5, 0.6) is 0 Å². The van der Waals surface area contributed by atoms with Crippen LogP contribution >= 0.6 is 11.3 Å². The Kier molecular flexibility index (Phi) is 4.83. The summed E-state index contributed by atoms with van der Waals surface area (Å²) >= 11 is 1.26. The lowest BCUT2D eigenvalue weighted by molar-refractivity contribution is -0.132. The van der Waals surface area contributed by atoms with Gasteiger partial charge in [-0.3, -0.25) is 14.5 Å². The standard InChI is InChI=1S/C25H17FN2O3S/c1-14-9-11-15(12-10-14)22(29)20-21(16-5-4-6-17(26)13-16)28(24(31)23(20)30)25-27-18-7-2-3-8-19(18)32-25/h2-13,21,29H,1H3/b22-20+. The van der Waals surface area contributed by atoms with Crippen LogP contribution in [0, 0.1) is 12.7 Å². The van der Waals surface area contributed by atoms with Crippen LogP contribution in [0.2, 0.25) is 0 Å². The number of carbonyl (C=O) groups is 2. The lowest BCUT2D eigenvalue weighted by Crippen LogP contribution is -2.29. The van der Waals surface area contributed by atoms with Gasteiger partial charge in [0.25, 0.3) is 5.78 Å². The molecule has 1 aliphatic heterocycles. The summed E-state index contributed by atoms with van der Waals surface area (Å²) in [7, 11) is 0. The van der Waals surface area contributed by atoms with Crippen LogP contribution in [0.25, 0.3) is 16.0 Å². The molecule has 2 heterocycles. The van der Waals surface area contributed by atoms with Crippen LogP contribution in [0.15, 0.2) is 78.4 Å². The Morgan fingerprint density at radius 2 is 1.78 bits per heavy atom. The summed E-state index contributed by atoms with van der Waals surface area (Å²) in [5.74, 6) is -2.46. The average molecular weight is 444 g/mol. The molecule has 5 rings (SSSR count). The van der Waals surface area contributed by atoms with E-state index in [1.54, 1.807) is 30.3 Å². The highest BCUT2D eigenvalue weighted by molar-refractivity contribution is 7.22. The molecule has 1 unspecified atom stereocenters. The number of aromatic nitrogens is 1. The van der Waals surface area contributed by atoms with Gasteiger partial charge in [0, 0.05) is 5.56 Å². The summed E-state index contributed by atoms with van der Waals surface area (Å²) in [5, 5.41) is 11.4. The fourth-order valence-electron chi connectivity index (χ4n) is 3.85. The number of aliphatic hydroxyl groups is 1. The number of fused-ring (bicyclic) bond motifs is 1. The average Bonchev–Trinajstić information content (AvgIpc) is 3.32. The molecule has 1 saturated heterocycles. The van der Waals surface area contributed by atoms with Gasteiger partial charge >= 0.3 is 5.91 Å². The molecule has 0 aliphatic carbocycles. The van der Waals surface area contributed by atoms with E-state index in [1.807, 2.05) is 31.2 Å². The Labute approximate surface area is 187 Å². The van der Waals surface area contributed by atoms with Crippen molar-refractivity contribution in [1.82, 2.24) is 4.98 Å². The van der Waals surface area contributed by atoms with Crippen molar-refractivity contribution in [2.24, 2.45) is 0 Å². The van der Waals surface area contributed by atoms with Crippen molar-refractivity contribution in [3.05, 3.63) is 101 Å². The second-order valence-electron chi connectivity index (χ2n) is 7.55. The van der Waals surface area contributed by atoms with E-state index in [4.69, 9.17) is 0 Å². The number of hydrogen-bond donors (Lipinski definition) is 1. The molecule has 1 atom stereocenters. The Morgan fingerprint density at radius 3 is 2.50 bits per heavy atom. The quantitative estimate of drug-likeness (QED) is 0.262. The molecule has 32 heavy (non-hydrogen) atoms. The van der Waals surface area contributed by atoms with Gasteiger partial charge in [-0.15, -0.1) is 0 Å². The third-order valence-corrected chi connectivity index (χ3v) is 6.46. The molecule has 5 nitrogen and oxygen atoms in total. The van der Waals surface area contributed by atoms with E-state index >= 15 is 0 Å². The third kappa shape index (κ3) is 3.27. The van der Waals surface area contributed by atoms with Crippen LogP contribution in [0.1, 0.15) is 22.7 Å². The van der Waals surface area contributed by atoms with Gasteiger partial charge in [-0.1, -0.05) is 65.4 Å². The van der Waals surface area contributed by atoms with Gasteiger partial charge in [-0.25, -0.2) is 9.37 Å². The molecule has 1 N–H and O–H groups in total. The van der Waals surface area contributed by atoms with E-state index < -0.39 is 23.5 Å². The maximum Gasteiger partial charge on any atom is 0.301 e. The number of aliphatic hydroxyl groups excluding tert-OH is 1. The lowest BCUT2D eigenvalue weighted by Gasteiger charge is -2.23. The summed E-state index contributed by atoms with van der Waals surface area (Å²) in [5.41, 5.74) is 2.35. The monoisotopic (exact) mass is 444 g/mol. The maximum atomic E-state index is 14.1. The van der Waals surface area contributed by atoms with Crippen molar-refractivity contribution in [3.8, 4) is 0 Å².